The zero-order valence-corrected chi connectivity index (χ0v) is 13.9. The summed E-state index contributed by atoms with van der Waals surface area (Å²) in [7, 11) is 0. The Morgan fingerprint density at radius 2 is 2.00 bits per heavy atom. The number of hydrogen-bond acceptors (Lipinski definition) is 4. The molecule has 1 amide bonds. The molecule has 110 valence electrons. The number of thiophene rings is 1. The average Bonchev–Trinajstić information content (AvgIpc) is 2.93. The minimum Gasteiger partial charge on any atom is -0.353 e. The van der Waals surface area contributed by atoms with Gasteiger partial charge < -0.3 is 9.80 Å². The Morgan fingerprint density at radius 3 is 2.62 bits per heavy atom. The van der Waals surface area contributed by atoms with Crippen molar-refractivity contribution in [2.75, 3.05) is 31.1 Å². The van der Waals surface area contributed by atoms with E-state index in [2.05, 4.69) is 25.8 Å². The molecule has 0 aromatic carbocycles. The van der Waals surface area contributed by atoms with Crippen LogP contribution in [0.25, 0.3) is 0 Å². The van der Waals surface area contributed by atoms with Gasteiger partial charge in [-0.15, -0.1) is 11.3 Å². The number of pyridine rings is 1. The largest absolute Gasteiger partial charge is 0.353 e. The Bertz CT molecular complexity index is 608. The third kappa shape index (κ3) is 3.63. The highest BCUT2D eigenvalue weighted by molar-refractivity contribution is 9.11. The van der Waals surface area contributed by atoms with Crippen molar-refractivity contribution in [3.63, 3.8) is 0 Å². The third-order valence-corrected chi connectivity index (χ3v) is 5.18. The fourth-order valence-electron chi connectivity index (χ4n) is 2.43. The maximum atomic E-state index is 12.3. The molecule has 0 atom stereocenters. The van der Waals surface area contributed by atoms with Gasteiger partial charge in [-0.25, -0.2) is 4.98 Å². The lowest BCUT2D eigenvalue weighted by Crippen LogP contribution is -2.49. The van der Waals surface area contributed by atoms with Crippen molar-refractivity contribution in [1.29, 1.82) is 0 Å². The van der Waals surface area contributed by atoms with E-state index < -0.39 is 0 Å². The summed E-state index contributed by atoms with van der Waals surface area (Å²) in [6.07, 6.45) is 2.31. The number of carbonyl (C=O) groups is 1. The third-order valence-electron chi connectivity index (χ3n) is 3.56. The van der Waals surface area contributed by atoms with E-state index in [1.54, 1.807) is 11.3 Å². The molecule has 0 spiro atoms. The van der Waals surface area contributed by atoms with E-state index in [-0.39, 0.29) is 5.91 Å². The van der Waals surface area contributed by atoms with E-state index >= 15 is 0 Å². The van der Waals surface area contributed by atoms with E-state index in [1.807, 2.05) is 41.4 Å². The summed E-state index contributed by atoms with van der Waals surface area (Å²) < 4.78 is 1.07. The van der Waals surface area contributed by atoms with Crippen molar-refractivity contribution in [2.24, 2.45) is 0 Å². The standard InChI is InChI=1S/C15H16BrN3OS/c16-13-5-4-12(21-13)11-15(20)19-9-7-18(8-10-19)14-3-1-2-6-17-14/h1-6H,7-11H2. The minimum absolute atomic E-state index is 0.213. The second-order valence-corrected chi connectivity index (χ2v) is 7.49. The van der Waals surface area contributed by atoms with Crippen LogP contribution >= 0.6 is 27.3 Å². The second-order valence-electron chi connectivity index (χ2n) is 4.94. The molecule has 0 N–H and O–H groups in total. The SMILES string of the molecule is O=C(Cc1ccc(Br)s1)N1CCN(c2ccccn2)CC1. The molecule has 21 heavy (non-hydrogen) atoms. The monoisotopic (exact) mass is 365 g/mol. The predicted molar refractivity (Wildman–Crippen MR) is 88.8 cm³/mol. The van der Waals surface area contributed by atoms with Crippen molar-refractivity contribution in [3.8, 4) is 0 Å². The van der Waals surface area contributed by atoms with Gasteiger partial charge in [0.15, 0.2) is 0 Å². The minimum atomic E-state index is 0.213. The molecule has 4 nitrogen and oxygen atoms in total. The van der Waals surface area contributed by atoms with Gasteiger partial charge >= 0.3 is 0 Å². The van der Waals surface area contributed by atoms with Gasteiger partial charge in [-0.2, -0.15) is 0 Å². The highest BCUT2D eigenvalue weighted by atomic mass is 79.9. The van der Waals surface area contributed by atoms with Crippen LogP contribution in [0, 0.1) is 0 Å². The molecule has 1 fully saturated rings. The molecular formula is C15H16BrN3OS. The molecule has 0 aliphatic carbocycles. The molecule has 2 aromatic heterocycles. The molecule has 3 heterocycles. The van der Waals surface area contributed by atoms with Gasteiger partial charge in [-0.1, -0.05) is 6.07 Å². The topological polar surface area (TPSA) is 36.4 Å². The fourth-order valence-corrected chi connectivity index (χ4v) is 3.91. The van der Waals surface area contributed by atoms with Crippen molar-refractivity contribution in [2.45, 2.75) is 6.42 Å². The van der Waals surface area contributed by atoms with E-state index in [4.69, 9.17) is 0 Å². The predicted octanol–water partition coefficient (Wildman–Crippen LogP) is 2.80. The normalized spacial score (nSPS) is 15.3. The molecule has 0 radical (unpaired) electrons. The van der Waals surface area contributed by atoms with E-state index in [0.717, 1.165) is 40.7 Å². The first-order valence-electron chi connectivity index (χ1n) is 6.90. The second kappa shape index (κ2) is 6.58. The molecule has 1 saturated heterocycles. The van der Waals surface area contributed by atoms with Gasteiger partial charge in [0.1, 0.15) is 5.82 Å². The van der Waals surface area contributed by atoms with E-state index in [9.17, 15) is 4.79 Å². The van der Waals surface area contributed by atoms with Crippen molar-refractivity contribution >= 4 is 39.0 Å². The number of halogens is 1. The Labute approximate surface area is 136 Å². The average molecular weight is 366 g/mol. The summed E-state index contributed by atoms with van der Waals surface area (Å²) in [4.78, 5) is 22.0. The number of anilines is 1. The molecule has 2 aromatic rings. The van der Waals surface area contributed by atoms with Crippen molar-refractivity contribution in [3.05, 3.63) is 45.2 Å². The number of rotatable bonds is 3. The summed E-state index contributed by atoms with van der Waals surface area (Å²) in [6.45, 7) is 3.22. The van der Waals surface area contributed by atoms with Crippen LogP contribution in [-0.2, 0) is 11.2 Å². The molecule has 0 unspecified atom stereocenters. The summed E-state index contributed by atoms with van der Waals surface area (Å²) in [6, 6.07) is 9.93. The molecule has 0 bridgehead atoms. The maximum absolute atomic E-state index is 12.3. The number of carbonyl (C=O) groups excluding carboxylic acids is 1. The highest BCUT2D eigenvalue weighted by Gasteiger charge is 2.22. The molecule has 1 aliphatic rings. The smallest absolute Gasteiger partial charge is 0.227 e. The molecule has 6 heteroatoms. The van der Waals surface area contributed by atoms with Gasteiger partial charge in [0, 0.05) is 37.3 Å². The van der Waals surface area contributed by atoms with Crippen LogP contribution in [0.1, 0.15) is 4.88 Å². The van der Waals surface area contributed by atoms with Crippen LogP contribution in [-0.4, -0.2) is 42.0 Å². The van der Waals surface area contributed by atoms with Gasteiger partial charge in [-0.3, -0.25) is 4.79 Å². The summed E-state index contributed by atoms with van der Waals surface area (Å²) >= 11 is 5.06. The number of aromatic nitrogens is 1. The lowest BCUT2D eigenvalue weighted by atomic mass is 10.2. The Morgan fingerprint density at radius 1 is 1.19 bits per heavy atom. The zero-order valence-electron chi connectivity index (χ0n) is 11.5. The molecule has 3 rings (SSSR count). The van der Waals surface area contributed by atoms with Crippen LogP contribution in [0.4, 0.5) is 5.82 Å². The molecule has 0 saturated carbocycles. The Kier molecular flexibility index (Phi) is 4.55. The quantitative estimate of drug-likeness (QED) is 0.838. The Hall–Kier alpha value is -1.40. The summed E-state index contributed by atoms with van der Waals surface area (Å²) in [5, 5.41) is 0. The van der Waals surface area contributed by atoms with Gasteiger partial charge in [-0.05, 0) is 40.2 Å². The van der Waals surface area contributed by atoms with Crippen LogP contribution in [0.3, 0.4) is 0 Å². The van der Waals surface area contributed by atoms with Crippen molar-refractivity contribution in [1.82, 2.24) is 9.88 Å². The van der Waals surface area contributed by atoms with Crippen molar-refractivity contribution < 1.29 is 4.79 Å². The van der Waals surface area contributed by atoms with Crippen LogP contribution in [0.15, 0.2) is 40.3 Å². The van der Waals surface area contributed by atoms with E-state index in [0.29, 0.717) is 6.42 Å². The summed E-state index contributed by atoms with van der Waals surface area (Å²) in [5.41, 5.74) is 0. The van der Waals surface area contributed by atoms with Crippen LogP contribution < -0.4 is 4.90 Å². The number of amides is 1. The van der Waals surface area contributed by atoms with Crippen LogP contribution in [0.2, 0.25) is 0 Å². The first-order chi connectivity index (χ1) is 10.2. The molecule has 1 aliphatic heterocycles. The maximum Gasteiger partial charge on any atom is 0.227 e. The number of hydrogen-bond donors (Lipinski definition) is 0. The zero-order chi connectivity index (χ0) is 14.7. The van der Waals surface area contributed by atoms with Gasteiger partial charge in [0.25, 0.3) is 0 Å². The Balaban J connectivity index is 1.54. The summed E-state index contributed by atoms with van der Waals surface area (Å²) in [5.74, 6) is 1.21. The molecular weight excluding hydrogens is 350 g/mol. The fraction of sp³-hybridized carbons (Fsp3) is 0.333. The van der Waals surface area contributed by atoms with Gasteiger partial charge in [0.2, 0.25) is 5.91 Å². The first-order valence-corrected chi connectivity index (χ1v) is 8.51. The van der Waals surface area contributed by atoms with Gasteiger partial charge in [0.05, 0.1) is 10.2 Å². The number of piperazine rings is 1. The van der Waals surface area contributed by atoms with E-state index in [1.165, 1.54) is 0 Å². The lowest BCUT2D eigenvalue weighted by molar-refractivity contribution is -0.130. The lowest BCUT2D eigenvalue weighted by Gasteiger charge is -2.35. The first kappa shape index (κ1) is 14.5. The number of nitrogens with zero attached hydrogens (tertiary/aromatic N) is 3. The highest BCUT2D eigenvalue weighted by Crippen LogP contribution is 2.23. The van der Waals surface area contributed by atoms with Crippen LogP contribution in [0.5, 0.6) is 0 Å².